The fourth-order valence-corrected chi connectivity index (χ4v) is 2.24. The summed E-state index contributed by atoms with van der Waals surface area (Å²) in [5, 5.41) is 10.7. The van der Waals surface area contributed by atoms with Crippen LogP contribution in [-0.4, -0.2) is 26.8 Å². The Hall–Kier alpha value is -2.15. The Kier molecular flexibility index (Phi) is 4.74. The lowest BCUT2D eigenvalue weighted by Crippen LogP contribution is -2.17. The van der Waals surface area contributed by atoms with Crippen LogP contribution in [0.5, 0.6) is 0 Å². The van der Waals surface area contributed by atoms with Crippen molar-refractivity contribution < 1.29 is 4.79 Å². The van der Waals surface area contributed by atoms with Crippen LogP contribution >= 0.6 is 11.8 Å². The smallest absolute Gasteiger partial charge is 0.273 e. The molecule has 0 saturated heterocycles. The molecule has 2 aromatic rings. The van der Waals surface area contributed by atoms with E-state index in [4.69, 9.17) is 0 Å². The molecule has 1 aromatic heterocycles. The van der Waals surface area contributed by atoms with Gasteiger partial charge in [0.15, 0.2) is 5.16 Å². The molecule has 6 nitrogen and oxygen atoms in total. The first-order valence-electron chi connectivity index (χ1n) is 6.39. The third-order valence-electron chi connectivity index (χ3n) is 2.85. The summed E-state index contributed by atoms with van der Waals surface area (Å²) in [5.41, 5.74) is 2.89. The quantitative estimate of drug-likeness (QED) is 0.841. The Balaban J connectivity index is 1.97. The minimum Gasteiger partial charge on any atom is -0.325 e. The van der Waals surface area contributed by atoms with E-state index in [1.54, 1.807) is 6.92 Å². The predicted octanol–water partition coefficient (Wildman–Crippen LogP) is 1.82. The van der Waals surface area contributed by atoms with Crippen LogP contribution in [0.4, 0.5) is 5.69 Å². The number of aromatic amines is 1. The van der Waals surface area contributed by atoms with E-state index in [1.165, 1.54) is 0 Å². The van der Waals surface area contributed by atoms with Gasteiger partial charge in [-0.25, -0.2) is 0 Å². The van der Waals surface area contributed by atoms with Crippen molar-refractivity contribution >= 4 is 23.4 Å². The van der Waals surface area contributed by atoms with Crippen molar-refractivity contribution in [1.82, 2.24) is 15.2 Å². The number of hydrogen-bond donors (Lipinski definition) is 2. The monoisotopic (exact) mass is 304 g/mol. The Morgan fingerprint density at radius 2 is 2.05 bits per heavy atom. The number of nitrogens with one attached hydrogen (secondary N) is 2. The third-order valence-corrected chi connectivity index (χ3v) is 3.71. The number of aromatic nitrogens is 3. The molecular formula is C14H16N4O2S. The Bertz CT molecular complexity index is 727. The van der Waals surface area contributed by atoms with Gasteiger partial charge in [0.25, 0.3) is 5.56 Å². The number of hydrogen-bond acceptors (Lipinski definition) is 5. The molecule has 110 valence electrons. The Labute approximate surface area is 126 Å². The van der Waals surface area contributed by atoms with Crippen LogP contribution in [0.25, 0.3) is 0 Å². The van der Waals surface area contributed by atoms with Crippen LogP contribution in [0.2, 0.25) is 0 Å². The standard InChI is InChI=1S/C14H16N4O2S/c1-8-4-5-9(2)11(6-8)15-12(19)7-21-14-16-13(20)10(3)17-18-14/h4-6H,7H2,1-3H3,(H,15,19)(H,16,18,20). The minimum absolute atomic E-state index is 0.154. The lowest BCUT2D eigenvalue weighted by molar-refractivity contribution is -0.113. The lowest BCUT2D eigenvalue weighted by Gasteiger charge is -2.08. The molecule has 0 aliphatic heterocycles. The highest BCUT2D eigenvalue weighted by molar-refractivity contribution is 7.99. The molecule has 0 saturated carbocycles. The lowest BCUT2D eigenvalue weighted by atomic mass is 10.1. The Morgan fingerprint density at radius 3 is 2.76 bits per heavy atom. The van der Waals surface area contributed by atoms with Gasteiger partial charge in [-0.05, 0) is 38.0 Å². The normalized spacial score (nSPS) is 10.4. The molecule has 0 fully saturated rings. The van der Waals surface area contributed by atoms with Crippen molar-refractivity contribution in [2.24, 2.45) is 0 Å². The first-order valence-corrected chi connectivity index (χ1v) is 7.38. The average molecular weight is 304 g/mol. The van der Waals surface area contributed by atoms with Crippen molar-refractivity contribution in [3.63, 3.8) is 0 Å². The molecule has 0 aliphatic rings. The van der Waals surface area contributed by atoms with E-state index in [0.29, 0.717) is 10.9 Å². The molecule has 0 radical (unpaired) electrons. The van der Waals surface area contributed by atoms with Gasteiger partial charge in [-0.2, -0.15) is 0 Å². The van der Waals surface area contributed by atoms with E-state index in [9.17, 15) is 9.59 Å². The molecule has 1 aromatic carbocycles. The van der Waals surface area contributed by atoms with Crippen LogP contribution in [0.3, 0.4) is 0 Å². The number of carbonyl (C=O) groups is 1. The van der Waals surface area contributed by atoms with Gasteiger partial charge in [-0.3, -0.25) is 14.6 Å². The van der Waals surface area contributed by atoms with Crippen molar-refractivity contribution in [2.75, 3.05) is 11.1 Å². The minimum atomic E-state index is -0.289. The number of thioether (sulfide) groups is 1. The van der Waals surface area contributed by atoms with Crippen LogP contribution in [0, 0.1) is 20.8 Å². The first kappa shape index (κ1) is 15.2. The van der Waals surface area contributed by atoms with Crippen LogP contribution in [-0.2, 0) is 4.79 Å². The summed E-state index contributed by atoms with van der Waals surface area (Å²) in [6.07, 6.45) is 0. The molecular weight excluding hydrogens is 288 g/mol. The maximum Gasteiger partial charge on any atom is 0.273 e. The van der Waals surface area contributed by atoms with E-state index >= 15 is 0 Å². The van der Waals surface area contributed by atoms with E-state index in [1.807, 2.05) is 32.0 Å². The van der Waals surface area contributed by atoms with Crippen LogP contribution < -0.4 is 10.9 Å². The van der Waals surface area contributed by atoms with Crippen LogP contribution in [0.1, 0.15) is 16.8 Å². The molecule has 1 heterocycles. The van der Waals surface area contributed by atoms with Gasteiger partial charge < -0.3 is 5.32 Å². The van der Waals surface area contributed by atoms with E-state index in [2.05, 4.69) is 20.5 Å². The highest BCUT2D eigenvalue weighted by Crippen LogP contribution is 2.17. The number of nitrogens with zero attached hydrogens (tertiary/aromatic N) is 2. The molecule has 1 amide bonds. The van der Waals surface area contributed by atoms with Gasteiger partial charge >= 0.3 is 0 Å². The van der Waals surface area contributed by atoms with Gasteiger partial charge in [0.2, 0.25) is 5.91 Å². The number of benzene rings is 1. The molecule has 0 aliphatic carbocycles. The summed E-state index contributed by atoms with van der Waals surface area (Å²) < 4.78 is 0. The number of anilines is 1. The zero-order valence-corrected chi connectivity index (χ0v) is 12.9. The zero-order chi connectivity index (χ0) is 15.4. The summed E-state index contributed by atoms with van der Waals surface area (Å²) in [5.74, 6) is -0.00179. The molecule has 21 heavy (non-hydrogen) atoms. The van der Waals surface area contributed by atoms with Gasteiger partial charge in [0.1, 0.15) is 5.69 Å². The highest BCUT2D eigenvalue weighted by atomic mass is 32.2. The molecule has 2 N–H and O–H groups in total. The molecule has 0 spiro atoms. The topological polar surface area (TPSA) is 87.7 Å². The zero-order valence-electron chi connectivity index (χ0n) is 12.1. The largest absolute Gasteiger partial charge is 0.325 e. The second kappa shape index (κ2) is 6.53. The second-order valence-electron chi connectivity index (χ2n) is 4.70. The van der Waals surface area contributed by atoms with Gasteiger partial charge in [-0.15, -0.1) is 10.2 Å². The average Bonchev–Trinajstić information content (AvgIpc) is 2.44. The van der Waals surface area contributed by atoms with E-state index in [0.717, 1.165) is 28.6 Å². The van der Waals surface area contributed by atoms with Crippen molar-refractivity contribution in [1.29, 1.82) is 0 Å². The predicted molar refractivity (Wildman–Crippen MR) is 82.7 cm³/mol. The number of carbonyl (C=O) groups excluding carboxylic acids is 1. The SMILES string of the molecule is Cc1ccc(C)c(NC(=O)CSc2nnc(C)c(=O)[nH]2)c1. The van der Waals surface area contributed by atoms with E-state index < -0.39 is 0 Å². The number of aryl methyl sites for hydroxylation is 3. The van der Waals surface area contributed by atoms with Crippen molar-refractivity contribution in [3.8, 4) is 0 Å². The first-order chi connectivity index (χ1) is 9.95. The molecule has 0 unspecified atom stereocenters. The second-order valence-corrected chi connectivity index (χ2v) is 5.66. The van der Waals surface area contributed by atoms with Crippen LogP contribution in [0.15, 0.2) is 28.2 Å². The summed E-state index contributed by atoms with van der Waals surface area (Å²) in [7, 11) is 0. The van der Waals surface area contributed by atoms with Gasteiger partial charge in [0, 0.05) is 5.69 Å². The molecule has 2 rings (SSSR count). The summed E-state index contributed by atoms with van der Waals surface area (Å²) in [6, 6.07) is 5.87. The maximum absolute atomic E-state index is 11.9. The van der Waals surface area contributed by atoms with E-state index in [-0.39, 0.29) is 17.2 Å². The fourth-order valence-electron chi connectivity index (χ4n) is 1.63. The third kappa shape index (κ3) is 4.16. The fraction of sp³-hybridized carbons (Fsp3) is 0.286. The molecule has 0 atom stereocenters. The van der Waals surface area contributed by atoms with Gasteiger partial charge in [0.05, 0.1) is 5.75 Å². The summed E-state index contributed by atoms with van der Waals surface area (Å²) in [4.78, 5) is 25.9. The highest BCUT2D eigenvalue weighted by Gasteiger charge is 2.08. The summed E-state index contributed by atoms with van der Waals surface area (Å²) >= 11 is 1.14. The molecule has 7 heteroatoms. The van der Waals surface area contributed by atoms with Crippen molar-refractivity contribution in [2.45, 2.75) is 25.9 Å². The van der Waals surface area contributed by atoms with Gasteiger partial charge in [-0.1, -0.05) is 23.9 Å². The molecule has 0 bridgehead atoms. The van der Waals surface area contributed by atoms with Crippen molar-refractivity contribution in [3.05, 3.63) is 45.4 Å². The maximum atomic E-state index is 11.9. The summed E-state index contributed by atoms with van der Waals surface area (Å²) in [6.45, 7) is 5.48. The number of H-pyrrole nitrogens is 1. The Morgan fingerprint density at radius 1 is 1.29 bits per heavy atom. The number of amides is 1. The number of rotatable bonds is 4.